The van der Waals surface area contributed by atoms with E-state index < -0.39 is 0 Å². The predicted molar refractivity (Wildman–Crippen MR) is 89.7 cm³/mol. The lowest BCUT2D eigenvalue weighted by Gasteiger charge is -2.46. The first-order valence-electron chi connectivity index (χ1n) is 8.59. The molecule has 0 radical (unpaired) electrons. The molecule has 0 unspecified atom stereocenters. The highest BCUT2D eigenvalue weighted by Gasteiger charge is 2.39. The summed E-state index contributed by atoms with van der Waals surface area (Å²) in [6, 6.07) is 0.0497. The van der Waals surface area contributed by atoms with Gasteiger partial charge in [-0.2, -0.15) is 5.10 Å². The summed E-state index contributed by atoms with van der Waals surface area (Å²) in [6.07, 6.45) is 9.62. The average molecular weight is 342 g/mol. The molecule has 2 aliphatic heterocycles. The lowest BCUT2D eigenvalue weighted by molar-refractivity contribution is -0.0915. The molecule has 0 bridgehead atoms. The SMILES string of the molecule is Cn1cc(CN2CC[C@@H]3OCCN(C(=O)c4cnccn4)[C@H]3C2)cn1. The molecule has 0 saturated carbocycles. The van der Waals surface area contributed by atoms with Crippen LogP contribution >= 0.6 is 0 Å². The monoisotopic (exact) mass is 342 g/mol. The van der Waals surface area contributed by atoms with E-state index in [4.69, 9.17) is 4.74 Å². The van der Waals surface area contributed by atoms with Gasteiger partial charge >= 0.3 is 0 Å². The highest BCUT2D eigenvalue weighted by atomic mass is 16.5. The summed E-state index contributed by atoms with van der Waals surface area (Å²) in [5.74, 6) is -0.0605. The Kier molecular flexibility index (Phi) is 4.46. The van der Waals surface area contributed by atoms with Gasteiger partial charge in [-0.3, -0.25) is 19.4 Å². The van der Waals surface area contributed by atoms with Gasteiger partial charge in [0.05, 0.1) is 31.1 Å². The van der Waals surface area contributed by atoms with E-state index in [2.05, 4.69) is 20.0 Å². The zero-order chi connectivity index (χ0) is 17.2. The number of rotatable bonds is 3. The highest BCUT2D eigenvalue weighted by molar-refractivity contribution is 5.92. The van der Waals surface area contributed by atoms with Crippen molar-refractivity contribution in [2.45, 2.75) is 25.1 Å². The van der Waals surface area contributed by atoms with Crippen LogP contribution in [0.25, 0.3) is 0 Å². The summed E-state index contributed by atoms with van der Waals surface area (Å²) >= 11 is 0. The summed E-state index contributed by atoms with van der Waals surface area (Å²) in [5.41, 5.74) is 1.58. The van der Waals surface area contributed by atoms with E-state index in [1.165, 1.54) is 11.8 Å². The Morgan fingerprint density at radius 1 is 1.32 bits per heavy atom. The van der Waals surface area contributed by atoms with Gasteiger partial charge in [-0.1, -0.05) is 0 Å². The fourth-order valence-corrected chi connectivity index (χ4v) is 3.70. The third-order valence-corrected chi connectivity index (χ3v) is 4.88. The van der Waals surface area contributed by atoms with Crippen molar-refractivity contribution in [1.29, 1.82) is 0 Å². The van der Waals surface area contributed by atoms with Gasteiger partial charge in [-0.05, 0) is 6.42 Å². The highest BCUT2D eigenvalue weighted by Crippen LogP contribution is 2.25. The third-order valence-electron chi connectivity index (χ3n) is 4.88. The molecule has 2 aromatic heterocycles. The largest absolute Gasteiger partial charge is 0.374 e. The van der Waals surface area contributed by atoms with Crippen molar-refractivity contribution in [2.24, 2.45) is 7.05 Å². The van der Waals surface area contributed by atoms with Crippen LogP contribution in [0.15, 0.2) is 31.0 Å². The summed E-state index contributed by atoms with van der Waals surface area (Å²) < 4.78 is 7.74. The van der Waals surface area contributed by atoms with Gasteiger partial charge in [0.1, 0.15) is 5.69 Å². The van der Waals surface area contributed by atoms with E-state index in [9.17, 15) is 4.79 Å². The number of piperidine rings is 1. The molecule has 0 aromatic carbocycles. The first-order valence-corrected chi connectivity index (χ1v) is 8.59. The number of nitrogens with zero attached hydrogens (tertiary/aromatic N) is 6. The fraction of sp³-hybridized carbons (Fsp3) is 0.529. The number of morpholine rings is 1. The van der Waals surface area contributed by atoms with Gasteiger partial charge in [-0.15, -0.1) is 0 Å². The number of carbonyl (C=O) groups excluding carboxylic acids is 1. The van der Waals surface area contributed by atoms with Crippen molar-refractivity contribution in [3.8, 4) is 0 Å². The minimum absolute atomic E-state index is 0.0497. The Morgan fingerprint density at radius 2 is 2.24 bits per heavy atom. The molecular weight excluding hydrogens is 320 g/mol. The number of likely N-dealkylation sites (tertiary alicyclic amines) is 1. The topological polar surface area (TPSA) is 76.4 Å². The van der Waals surface area contributed by atoms with Gasteiger partial charge in [0.15, 0.2) is 0 Å². The van der Waals surface area contributed by atoms with Crippen LogP contribution in [0.3, 0.4) is 0 Å². The summed E-state index contributed by atoms with van der Waals surface area (Å²) in [5, 5.41) is 4.23. The number of hydrogen-bond acceptors (Lipinski definition) is 6. The molecule has 2 fully saturated rings. The lowest BCUT2D eigenvalue weighted by atomic mass is 9.98. The molecule has 0 aliphatic carbocycles. The summed E-state index contributed by atoms with van der Waals surface area (Å²) in [4.78, 5) is 25.3. The fourth-order valence-electron chi connectivity index (χ4n) is 3.70. The summed E-state index contributed by atoms with van der Waals surface area (Å²) in [6.45, 7) is 3.77. The second kappa shape index (κ2) is 6.89. The molecule has 4 heterocycles. The Hall–Kier alpha value is -2.32. The first-order chi connectivity index (χ1) is 12.2. The maximum absolute atomic E-state index is 12.9. The Bertz CT molecular complexity index is 734. The van der Waals surface area contributed by atoms with Crippen LogP contribution in [0.1, 0.15) is 22.5 Å². The molecule has 25 heavy (non-hydrogen) atoms. The van der Waals surface area contributed by atoms with Crippen LogP contribution in [0, 0.1) is 0 Å². The number of carbonyl (C=O) groups is 1. The van der Waals surface area contributed by atoms with Crippen LogP contribution in [0.5, 0.6) is 0 Å². The number of aryl methyl sites for hydroxylation is 1. The number of amides is 1. The number of hydrogen-bond donors (Lipinski definition) is 0. The van der Waals surface area contributed by atoms with Crippen LogP contribution in [0.2, 0.25) is 0 Å². The minimum atomic E-state index is -0.0605. The van der Waals surface area contributed by atoms with E-state index >= 15 is 0 Å². The van der Waals surface area contributed by atoms with Crippen molar-refractivity contribution in [1.82, 2.24) is 29.5 Å². The van der Waals surface area contributed by atoms with Crippen molar-refractivity contribution >= 4 is 5.91 Å². The second-order valence-electron chi connectivity index (χ2n) is 6.61. The smallest absolute Gasteiger partial charge is 0.274 e. The quantitative estimate of drug-likeness (QED) is 0.800. The van der Waals surface area contributed by atoms with Gasteiger partial charge in [0.25, 0.3) is 5.91 Å². The molecule has 2 saturated heterocycles. The number of fused-ring (bicyclic) bond motifs is 1. The van der Waals surface area contributed by atoms with E-state index in [0.29, 0.717) is 18.8 Å². The normalized spacial score (nSPS) is 24.1. The Labute approximate surface area is 146 Å². The van der Waals surface area contributed by atoms with Crippen molar-refractivity contribution in [3.05, 3.63) is 42.2 Å². The molecule has 8 heteroatoms. The third kappa shape index (κ3) is 3.40. The molecule has 0 N–H and O–H groups in total. The first kappa shape index (κ1) is 16.2. The molecule has 2 atom stereocenters. The van der Waals surface area contributed by atoms with E-state index in [-0.39, 0.29) is 18.1 Å². The van der Waals surface area contributed by atoms with Crippen LogP contribution in [0.4, 0.5) is 0 Å². The summed E-state index contributed by atoms with van der Waals surface area (Å²) in [7, 11) is 1.92. The molecule has 2 aromatic rings. The molecule has 1 amide bonds. The maximum atomic E-state index is 12.9. The molecule has 0 spiro atoms. The standard InChI is InChI=1S/C17H22N6O2/c1-21-10-13(8-20-21)11-22-5-2-16-15(12-22)23(6-7-25-16)17(24)14-9-18-3-4-19-14/h3-4,8-10,15-16H,2,5-7,11-12H2,1H3/t15-,16-/m0/s1. The molecule has 2 aliphatic rings. The maximum Gasteiger partial charge on any atom is 0.274 e. The van der Waals surface area contributed by atoms with Gasteiger partial charge in [0.2, 0.25) is 0 Å². The minimum Gasteiger partial charge on any atom is -0.374 e. The molecular formula is C17H22N6O2. The lowest BCUT2D eigenvalue weighted by Crippen LogP contribution is -2.61. The predicted octanol–water partition coefficient (Wildman–Crippen LogP) is 0.326. The molecule has 8 nitrogen and oxygen atoms in total. The van der Waals surface area contributed by atoms with Crippen molar-refractivity contribution in [2.75, 3.05) is 26.2 Å². The molecule has 132 valence electrons. The zero-order valence-corrected chi connectivity index (χ0v) is 14.3. The van der Waals surface area contributed by atoms with Gasteiger partial charge in [-0.25, -0.2) is 4.98 Å². The van der Waals surface area contributed by atoms with Crippen molar-refractivity contribution < 1.29 is 9.53 Å². The van der Waals surface area contributed by atoms with E-state index in [1.807, 2.05) is 29.0 Å². The van der Waals surface area contributed by atoms with Crippen molar-refractivity contribution in [3.63, 3.8) is 0 Å². The van der Waals surface area contributed by atoms with E-state index in [1.54, 1.807) is 12.4 Å². The second-order valence-corrected chi connectivity index (χ2v) is 6.61. The van der Waals surface area contributed by atoms with Gasteiger partial charge in [0, 0.05) is 57.4 Å². The number of ether oxygens (including phenoxy) is 1. The zero-order valence-electron chi connectivity index (χ0n) is 14.3. The van der Waals surface area contributed by atoms with Gasteiger partial charge < -0.3 is 9.64 Å². The average Bonchev–Trinajstić information content (AvgIpc) is 3.06. The van der Waals surface area contributed by atoms with Crippen LogP contribution in [-0.2, 0) is 18.3 Å². The number of aromatic nitrogens is 4. The van der Waals surface area contributed by atoms with E-state index in [0.717, 1.165) is 26.1 Å². The Balaban J connectivity index is 1.48. The van der Waals surface area contributed by atoms with Crippen LogP contribution < -0.4 is 0 Å². The molecule has 4 rings (SSSR count). The Morgan fingerprint density at radius 3 is 3.00 bits per heavy atom. The van der Waals surface area contributed by atoms with Crippen LogP contribution in [-0.4, -0.2) is 73.8 Å².